The predicted molar refractivity (Wildman–Crippen MR) is 96.9 cm³/mol. The predicted octanol–water partition coefficient (Wildman–Crippen LogP) is 4.81. The summed E-state index contributed by atoms with van der Waals surface area (Å²) >= 11 is 0. The third-order valence-corrected chi connectivity index (χ3v) is 4.50. The van der Waals surface area contributed by atoms with E-state index in [-0.39, 0.29) is 69.5 Å². The monoisotopic (exact) mass is 454 g/mol. The van der Waals surface area contributed by atoms with E-state index in [4.69, 9.17) is 10.2 Å². The number of rotatable bonds is 12. The molecule has 0 aromatic carbocycles. The number of unbranched alkanes of at least 4 members (excludes halogenated alkanes) is 6. The zero-order valence-electron chi connectivity index (χ0n) is 17.4. The Labute approximate surface area is 184 Å². The first kappa shape index (κ1) is 25.7. The molecule has 0 saturated heterocycles. The fourth-order valence-corrected chi connectivity index (χ4v) is 2.84. The van der Waals surface area contributed by atoms with Gasteiger partial charge in [-0.2, -0.15) is 0 Å². The Hall–Kier alpha value is 0.511. The molecule has 5 heteroatoms. The second-order valence-electron chi connectivity index (χ2n) is 7.44. The minimum absolute atomic E-state index is 0. The summed E-state index contributed by atoms with van der Waals surface area (Å²) < 4.78 is 0. The van der Waals surface area contributed by atoms with E-state index in [1.165, 1.54) is 32.1 Å². The average Bonchev–Trinajstić information content (AvgIpc) is 2.38. The molecule has 0 fully saturated rings. The minimum atomic E-state index is -1.28. The summed E-state index contributed by atoms with van der Waals surface area (Å²) in [5.41, 5.74) is -0.0641. The maximum Gasteiger partial charge on any atom is 2.00 e. The van der Waals surface area contributed by atoms with E-state index in [0.29, 0.717) is 0 Å². The van der Waals surface area contributed by atoms with Gasteiger partial charge in [0.05, 0.1) is 0 Å². The Kier molecular flexibility index (Phi) is 15.4. The zero-order chi connectivity index (χ0) is 17.2. The molecular formula is C18H36BaO4. The molecular weight excluding hydrogens is 418 g/mol. The van der Waals surface area contributed by atoms with Crippen molar-refractivity contribution < 1.29 is 22.7 Å². The molecule has 0 radical (unpaired) electrons. The molecule has 0 aliphatic rings. The van der Waals surface area contributed by atoms with Crippen molar-refractivity contribution in [1.82, 2.24) is 0 Å². The van der Waals surface area contributed by atoms with Gasteiger partial charge in [0.1, 0.15) is 0 Å². The van der Waals surface area contributed by atoms with E-state index in [1.807, 2.05) is 0 Å². The fourth-order valence-electron chi connectivity index (χ4n) is 2.84. The SMILES string of the molecule is CCCCCCCCCC(CC(C(=O)O)C(=O)O)C(C)(C)C.[Ba+2].[H-].[H-]. The molecule has 134 valence electrons. The van der Waals surface area contributed by atoms with Gasteiger partial charge in [-0.3, -0.25) is 9.59 Å². The maximum atomic E-state index is 11.1. The topological polar surface area (TPSA) is 74.6 Å². The van der Waals surface area contributed by atoms with Crippen LogP contribution in [0.3, 0.4) is 0 Å². The molecule has 0 aliphatic carbocycles. The van der Waals surface area contributed by atoms with Gasteiger partial charge in [0.15, 0.2) is 5.92 Å². The second-order valence-corrected chi connectivity index (χ2v) is 7.44. The van der Waals surface area contributed by atoms with Gasteiger partial charge < -0.3 is 13.1 Å². The summed E-state index contributed by atoms with van der Waals surface area (Å²) in [7, 11) is 0. The van der Waals surface area contributed by atoms with E-state index >= 15 is 0 Å². The van der Waals surface area contributed by atoms with Crippen LogP contribution in [0.1, 0.15) is 88.3 Å². The summed E-state index contributed by atoms with van der Waals surface area (Å²) in [5, 5.41) is 18.1. The molecule has 0 amide bonds. The molecule has 0 aromatic heterocycles. The molecule has 2 N–H and O–H groups in total. The van der Waals surface area contributed by atoms with Crippen molar-refractivity contribution in [2.45, 2.75) is 85.5 Å². The van der Waals surface area contributed by atoms with Crippen LogP contribution in [0.4, 0.5) is 0 Å². The standard InChI is InChI=1S/C18H34O4.Ba.2H/c1-5-6-7-8-9-10-11-12-14(18(2,3)4)13-15(16(19)20)17(21)22;;;/h14-15H,5-13H2,1-4H3,(H,19,20)(H,21,22);;;/q;+2;2*-1. The van der Waals surface area contributed by atoms with Crippen molar-refractivity contribution in [3.8, 4) is 0 Å². The van der Waals surface area contributed by atoms with Gasteiger partial charge in [-0.25, -0.2) is 0 Å². The molecule has 0 bridgehead atoms. The third kappa shape index (κ3) is 12.5. The van der Waals surface area contributed by atoms with Gasteiger partial charge in [0, 0.05) is 0 Å². The Morgan fingerprint density at radius 2 is 1.35 bits per heavy atom. The molecule has 4 nitrogen and oxygen atoms in total. The zero-order valence-corrected chi connectivity index (χ0v) is 19.9. The van der Waals surface area contributed by atoms with Gasteiger partial charge in [-0.05, 0) is 24.2 Å². The molecule has 0 aliphatic heterocycles. The van der Waals surface area contributed by atoms with Crippen LogP contribution >= 0.6 is 0 Å². The molecule has 0 saturated carbocycles. The van der Waals surface area contributed by atoms with E-state index in [9.17, 15) is 9.59 Å². The summed E-state index contributed by atoms with van der Waals surface area (Å²) in [6, 6.07) is 0. The Bertz CT molecular complexity index is 332. The molecule has 0 spiro atoms. The Morgan fingerprint density at radius 1 is 0.913 bits per heavy atom. The summed E-state index contributed by atoms with van der Waals surface area (Å²) in [6.07, 6.45) is 9.67. The number of carbonyl (C=O) groups is 2. The fraction of sp³-hybridized carbons (Fsp3) is 0.889. The second kappa shape index (κ2) is 13.8. The van der Waals surface area contributed by atoms with E-state index < -0.39 is 17.9 Å². The Morgan fingerprint density at radius 3 is 1.74 bits per heavy atom. The van der Waals surface area contributed by atoms with E-state index in [2.05, 4.69) is 27.7 Å². The van der Waals surface area contributed by atoms with Crippen molar-refractivity contribution in [2.75, 3.05) is 0 Å². The van der Waals surface area contributed by atoms with Crippen LogP contribution in [0.5, 0.6) is 0 Å². The van der Waals surface area contributed by atoms with Crippen LogP contribution in [0, 0.1) is 17.3 Å². The number of hydrogen-bond donors (Lipinski definition) is 2. The minimum Gasteiger partial charge on any atom is -1.00 e. The van der Waals surface area contributed by atoms with Crippen molar-refractivity contribution in [3.05, 3.63) is 0 Å². The van der Waals surface area contributed by atoms with Gasteiger partial charge in [0.2, 0.25) is 0 Å². The van der Waals surface area contributed by atoms with Gasteiger partial charge >= 0.3 is 60.8 Å². The van der Waals surface area contributed by atoms with Gasteiger partial charge in [0.25, 0.3) is 0 Å². The maximum absolute atomic E-state index is 11.1. The van der Waals surface area contributed by atoms with Crippen molar-refractivity contribution in [3.63, 3.8) is 0 Å². The normalized spacial score (nSPS) is 12.7. The number of aliphatic carboxylic acids is 2. The molecule has 23 heavy (non-hydrogen) atoms. The summed E-state index contributed by atoms with van der Waals surface area (Å²) in [4.78, 5) is 22.2. The van der Waals surface area contributed by atoms with Crippen molar-refractivity contribution in [2.24, 2.45) is 17.3 Å². The molecule has 0 rings (SSSR count). The number of hydrogen-bond acceptors (Lipinski definition) is 2. The molecule has 0 heterocycles. The van der Waals surface area contributed by atoms with Crippen LogP contribution in [0.25, 0.3) is 0 Å². The van der Waals surface area contributed by atoms with Crippen LogP contribution in [0.15, 0.2) is 0 Å². The van der Waals surface area contributed by atoms with Crippen molar-refractivity contribution in [1.29, 1.82) is 0 Å². The van der Waals surface area contributed by atoms with Crippen molar-refractivity contribution >= 4 is 60.8 Å². The van der Waals surface area contributed by atoms with Crippen LogP contribution < -0.4 is 0 Å². The van der Waals surface area contributed by atoms with Gasteiger partial charge in [-0.15, -0.1) is 0 Å². The average molecular weight is 454 g/mol. The van der Waals surface area contributed by atoms with E-state index in [1.54, 1.807) is 0 Å². The number of carboxylic acids is 2. The Balaban J connectivity index is -0.000000735. The first-order chi connectivity index (χ1) is 10.2. The van der Waals surface area contributed by atoms with Gasteiger partial charge in [-0.1, -0.05) is 72.6 Å². The quantitative estimate of drug-likeness (QED) is 0.253. The first-order valence-electron chi connectivity index (χ1n) is 8.65. The summed E-state index contributed by atoms with van der Waals surface area (Å²) in [5.74, 6) is -3.60. The molecule has 0 aromatic rings. The largest absolute Gasteiger partial charge is 2.00 e. The summed E-state index contributed by atoms with van der Waals surface area (Å²) in [6.45, 7) is 8.41. The molecule has 1 atom stereocenters. The van der Waals surface area contributed by atoms with Crippen LogP contribution in [-0.2, 0) is 9.59 Å². The molecule has 1 unspecified atom stereocenters. The van der Waals surface area contributed by atoms with Crippen LogP contribution in [0.2, 0.25) is 0 Å². The van der Waals surface area contributed by atoms with Crippen LogP contribution in [-0.4, -0.2) is 71.0 Å². The van der Waals surface area contributed by atoms with E-state index in [0.717, 1.165) is 19.3 Å². The first-order valence-corrected chi connectivity index (χ1v) is 8.65. The number of carboxylic acid groups (broad SMARTS) is 2. The smallest absolute Gasteiger partial charge is 1.00 e. The third-order valence-electron chi connectivity index (χ3n) is 4.50.